The van der Waals surface area contributed by atoms with Crippen molar-refractivity contribution < 1.29 is 19.0 Å². The van der Waals surface area contributed by atoms with Crippen LogP contribution in [0.1, 0.15) is 39.2 Å². The lowest BCUT2D eigenvalue weighted by Crippen LogP contribution is -2.48. The Bertz CT molecular complexity index is 686. The molecule has 2 fully saturated rings. The van der Waals surface area contributed by atoms with Crippen LogP contribution in [-0.4, -0.2) is 62.2 Å². The molecule has 0 spiro atoms. The molecule has 1 unspecified atom stereocenters. The molecule has 1 aromatic rings. The number of rotatable bonds is 5. The maximum atomic E-state index is 12.3. The average molecular weight is 425 g/mol. The Morgan fingerprint density at radius 3 is 2.86 bits per heavy atom. The van der Waals surface area contributed by atoms with Gasteiger partial charge in [-0.1, -0.05) is 17.7 Å². The lowest BCUT2D eigenvalue weighted by molar-refractivity contribution is -0.0415. The molecule has 1 amide bonds. The molecular weight excluding hydrogens is 392 g/mol. The summed E-state index contributed by atoms with van der Waals surface area (Å²) >= 11 is 6.50. The molecule has 7 heteroatoms. The maximum Gasteiger partial charge on any atom is 0.410 e. The molecule has 0 aromatic heterocycles. The number of carbonyl (C=O) groups excluding carboxylic acids is 1. The summed E-state index contributed by atoms with van der Waals surface area (Å²) in [5.41, 5.74) is 1.55. The van der Waals surface area contributed by atoms with Gasteiger partial charge in [0.15, 0.2) is 0 Å². The number of hydrogen-bond donors (Lipinski definition) is 1. The van der Waals surface area contributed by atoms with Gasteiger partial charge in [0.05, 0.1) is 36.6 Å². The van der Waals surface area contributed by atoms with Crippen LogP contribution >= 0.6 is 11.6 Å². The van der Waals surface area contributed by atoms with Gasteiger partial charge >= 0.3 is 6.09 Å². The van der Waals surface area contributed by atoms with Crippen LogP contribution in [0.25, 0.3) is 0 Å². The Balaban J connectivity index is 1.51. The third-order valence-electron chi connectivity index (χ3n) is 5.12. The number of hydrogen-bond acceptors (Lipinski definition) is 5. The van der Waals surface area contributed by atoms with Gasteiger partial charge in [0.1, 0.15) is 5.60 Å². The second kappa shape index (κ2) is 10.0. The number of amides is 1. The predicted molar refractivity (Wildman–Crippen MR) is 115 cm³/mol. The Labute approximate surface area is 178 Å². The Kier molecular flexibility index (Phi) is 7.66. The van der Waals surface area contributed by atoms with Crippen LogP contribution in [0.15, 0.2) is 18.2 Å². The van der Waals surface area contributed by atoms with E-state index in [0.29, 0.717) is 37.1 Å². The van der Waals surface area contributed by atoms with Crippen LogP contribution in [0.3, 0.4) is 0 Å². The zero-order valence-electron chi connectivity index (χ0n) is 17.7. The molecular formula is C22H33ClN2O4. The van der Waals surface area contributed by atoms with Crippen molar-refractivity contribution in [3.63, 3.8) is 0 Å². The zero-order chi connectivity index (χ0) is 20.9. The van der Waals surface area contributed by atoms with Crippen LogP contribution in [0.4, 0.5) is 10.5 Å². The third kappa shape index (κ3) is 7.05. The molecule has 0 bridgehead atoms. The first kappa shape index (κ1) is 22.2. The predicted octanol–water partition coefficient (Wildman–Crippen LogP) is 4.36. The molecule has 29 heavy (non-hydrogen) atoms. The second-order valence-electron chi connectivity index (χ2n) is 8.90. The number of anilines is 1. The van der Waals surface area contributed by atoms with Gasteiger partial charge in [-0.05, 0) is 57.2 Å². The molecule has 0 saturated carbocycles. The molecule has 2 atom stereocenters. The van der Waals surface area contributed by atoms with Gasteiger partial charge in [0.2, 0.25) is 0 Å². The lowest BCUT2D eigenvalue weighted by atomic mass is 10.0. The molecule has 2 saturated heterocycles. The first-order chi connectivity index (χ1) is 13.8. The normalized spacial score (nSPS) is 23.0. The summed E-state index contributed by atoms with van der Waals surface area (Å²) in [6.45, 7) is 9.78. The van der Waals surface area contributed by atoms with E-state index in [1.54, 1.807) is 4.90 Å². The second-order valence-corrected chi connectivity index (χ2v) is 9.31. The molecule has 3 rings (SSSR count). The van der Waals surface area contributed by atoms with Gasteiger partial charge in [0, 0.05) is 26.1 Å². The minimum absolute atomic E-state index is 0.0643. The van der Waals surface area contributed by atoms with Crippen LogP contribution in [-0.2, 0) is 20.6 Å². The van der Waals surface area contributed by atoms with Crippen molar-refractivity contribution in [1.82, 2.24) is 4.90 Å². The first-order valence-electron chi connectivity index (χ1n) is 10.5. The first-order valence-corrected chi connectivity index (χ1v) is 10.9. The smallest absolute Gasteiger partial charge is 0.410 e. The Morgan fingerprint density at radius 2 is 2.17 bits per heavy atom. The van der Waals surface area contributed by atoms with Gasteiger partial charge in [-0.2, -0.15) is 0 Å². The minimum Gasteiger partial charge on any atom is -0.444 e. The summed E-state index contributed by atoms with van der Waals surface area (Å²) < 4.78 is 16.9. The highest BCUT2D eigenvalue weighted by molar-refractivity contribution is 6.33. The number of carbonyl (C=O) groups is 1. The number of nitrogens with one attached hydrogen (secondary N) is 1. The van der Waals surface area contributed by atoms with Gasteiger partial charge in [-0.3, -0.25) is 0 Å². The molecule has 6 nitrogen and oxygen atoms in total. The van der Waals surface area contributed by atoms with Crippen molar-refractivity contribution in [3.05, 3.63) is 28.8 Å². The van der Waals surface area contributed by atoms with Gasteiger partial charge < -0.3 is 24.4 Å². The lowest BCUT2D eigenvalue weighted by Gasteiger charge is -2.34. The van der Waals surface area contributed by atoms with E-state index in [4.69, 9.17) is 25.8 Å². The van der Waals surface area contributed by atoms with Crippen LogP contribution in [0.5, 0.6) is 0 Å². The number of ether oxygens (including phenoxy) is 3. The van der Waals surface area contributed by atoms with E-state index >= 15 is 0 Å². The fourth-order valence-electron chi connectivity index (χ4n) is 3.65. The summed E-state index contributed by atoms with van der Waals surface area (Å²) in [6, 6.07) is 6.08. The fraction of sp³-hybridized carbons (Fsp3) is 0.682. The van der Waals surface area contributed by atoms with Gasteiger partial charge in [-0.15, -0.1) is 0 Å². The van der Waals surface area contributed by atoms with Crippen molar-refractivity contribution in [1.29, 1.82) is 0 Å². The summed E-state index contributed by atoms with van der Waals surface area (Å²) in [4.78, 5) is 14.0. The summed E-state index contributed by atoms with van der Waals surface area (Å²) in [5, 5.41) is 4.15. The molecule has 2 aliphatic rings. The molecule has 1 N–H and O–H groups in total. The third-order valence-corrected chi connectivity index (χ3v) is 5.44. The topological polar surface area (TPSA) is 60.0 Å². The molecule has 162 valence electrons. The van der Waals surface area contributed by atoms with E-state index in [9.17, 15) is 4.79 Å². The molecule has 2 heterocycles. The quantitative estimate of drug-likeness (QED) is 0.761. The van der Waals surface area contributed by atoms with Crippen molar-refractivity contribution >= 4 is 23.4 Å². The van der Waals surface area contributed by atoms with E-state index in [1.165, 1.54) is 6.42 Å². The summed E-state index contributed by atoms with van der Waals surface area (Å²) in [6.07, 6.45) is 2.67. The monoisotopic (exact) mass is 424 g/mol. The van der Waals surface area contributed by atoms with E-state index in [1.807, 2.05) is 32.9 Å². The van der Waals surface area contributed by atoms with E-state index in [0.717, 1.165) is 37.4 Å². The highest BCUT2D eigenvalue weighted by Gasteiger charge is 2.28. The van der Waals surface area contributed by atoms with Gasteiger partial charge in [-0.25, -0.2) is 4.79 Å². The molecule has 2 aliphatic heterocycles. The highest BCUT2D eigenvalue weighted by Crippen LogP contribution is 2.26. The maximum absolute atomic E-state index is 12.3. The number of benzene rings is 1. The SMILES string of the molecule is CC(C)(C)OC(=O)N1CCOC(Cc2ccc(NC[C@H]3CCCOC3)c(Cl)c2)C1. The number of nitrogens with zero attached hydrogens (tertiary/aromatic N) is 1. The standard InChI is InChI=1S/C22H33ClN2O4/c1-22(2,3)29-21(26)25-8-10-28-18(14-25)11-16-6-7-20(19(23)12-16)24-13-17-5-4-9-27-15-17/h6-7,12,17-18,24H,4-5,8-11,13-15H2,1-3H3/t17-,18?/m1/s1. The average Bonchev–Trinajstić information content (AvgIpc) is 2.67. The number of halogens is 1. The van der Waals surface area contributed by atoms with Gasteiger partial charge in [0.25, 0.3) is 0 Å². The van der Waals surface area contributed by atoms with E-state index in [-0.39, 0.29) is 12.2 Å². The zero-order valence-corrected chi connectivity index (χ0v) is 18.5. The molecule has 1 aromatic carbocycles. The summed E-state index contributed by atoms with van der Waals surface area (Å²) in [7, 11) is 0. The Hall–Kier alpha value is -1.50. The highest BCUT2D eigenvalue weighted by atomic mass is 35.5. The molecule has 0 aliphatic carbocycles. The minimum atomic E-state index is -0.495. The van der Waals surface area contributed by atoms with Crippen LogP contribution < -0.4 is 5.32 Å². The van der Waals surface area contributed by atoms with Crippen molar-refractivity contribution in [2.75, 3.05) is 44.8 Å². The van der Waals surface area contributed by atoms with Crippen molar-refractivity contribution in [2.45, 2.75) is 51.7 Å². The number of morpholine rings is 1. The molecule has 0 radical (unpaired) electrons. The fourth-order valence-corrected chi connectivity index (χ4v) is 3.92. The summed E-state index contributed by atoms with van der Waals surface area (Å²) in [5.74, 6) is 0.536. The van der Waals surface area contributed by atoms with Crippen molar-refractivity contribution in [3.8, 4) is 0 Å². The van der Waals surface area contributed by atoms with E-state index in [2.05, 4.69) is 11.4 Å². The van der Waals surface area contributed by atoms with Crippen LogP contribution in [0, 0.1) is 5.92 Å². The van der Waals surface area contributed by atoms with E-state index < -0.39 is 5.60 Å². The Morgan fingerprint density at radius 1 is 1.34 bits per heavy atom. The van der Waals surface area contributed by atoms with Crippen molar-refractivity contribution in [2.24, 2.45) is 5.92 Å². The van der Waals surface area contributed by atoms with Crippen LogP contribution in [0.2, 0.25) is 5.02 Å². The largest absolute Gasteiger partial charge is 0.444 e.